The molecule has 0 saturated carbocycles. The zero-order valence-corrected chi connectivity index (χ0v) is 15.4. The van der Waals surface area contributed by atoms with Crippen LogP contribution in [-0.4, -0.2) is 24.7 Å². The molecule has 0 aliphatic carbocycles. The Kier molecular flexibility index (Phi) is 5.77. The van der Waals surface area contributed by atoms with E-state index >= 15 is 0 Å². The molecule has 1 N–H and O–H groups in total. The zero-order chi connectivity index (χ0) is 18.4. The number of rotatable bonds is 7. The fraction of sp³-hybridized carbons (Fsp3) is 0.111. The summed E-state index contributed by atoms with van der Waals surface area (Å²) < 4.78 is 27.8. The lowest BCUT2D eigenvalue weighted by Gasteiger charge is -2.07. The molecule has 134 valence electrons. The summed E-state index contributed by atoms with van der Waals surface area (Å²) in [4.78, 5) is 12.9. The van der Waals surface area contributed by atoms with Crippen LogP contribution in [0.1, 0.15) is 5.56 Å². The quantitative estimate of drug-likeness (QED) is 0.676. The molecule has 2 heterocycles. The number of nitrogens with zero attached hydrogens (tertiary/aromatic N) is 2. The topological polar surface area (TPSA) is 81.1 Å². The Hall–Kier alpha value is -2.55. The molecule has 3 rings (SSSR count). The van der Waals surface area contributed by atoms with E-state index < -0.39 is 10.0 Å². The van der Waals surface area contributed by atoms with Crippen molar-refractivity contribution < 1.29 is 8.42 Å². The minimum atomic E-state index is -3.59. The first-order chi connectivity index (χ1) is 12.5. The van der Waals surface area contributed by atoms with Gasteiger partial charge in [-0.1, -0.05) is 36.4 Å². The van der Waals surface area contributed by atoms with Crippen molar-refractivity contribution in [2.75, 3.05) is 6.54 Å². The van der Waals surface area contributed by atoms with Crippen LogP contribution in [-0.2, 0) is 16.6 Å². The standard InChI is InChI=1S/C18H17N3O3S2/c22-18-9-8-16(17-7-4-13-25-17)20-21(18)12-11-19-26(23,24)14-10-15-5-2-1-3-6-15/h1-10,13-14,19H,11-12H2/b14-10+. The number of nitrogens with one attached hydrogen (secondary N) is 1. The lowest BCUT2D eigenvalue weighted by molar-refractivity contribution is 0.554. The van der Waals surface area contributed by atoms with Crippen molar-refractivity contribution in [3.8, 4) is 10.6 Å². The minimum absolute atomic E-state index is 0.0717. The van der Waals surface area contributed by atoms with E-state index in [0.717, 1.165) is 15.8 Å². The van der Waals surface area contributed by atoms with Gasteiger partial charge in [0.15, 0.2) is 0 Å². The van der Waals surface area contributed by atoms with Crippen LogP contribution in [0.25, 0.3) is 16.6 Å². The molecule has 8 heteroatoms. The highest BCUT2D eigenvalue weighted by atomic mass is 32.2. The molecule has 0 spiro atoms. The lowest BCUT2D eigenvalue weighted by atomic mass is 10.2. The largest absolute Gasteiger partial charge is 0.268 e. The van der Waals surface area contributed by atoms with E-state index in [9.17, 15) is 13.2 Å². The fourth-order valence-corrected chi connectivity index (χ4v) is 3.74. The molecule has 0 amide bonds. The van der Waals surface area contributed by atoms with Gasteiger partial charge >= 0.3 is 0 Å². The number of thiophene rings is 1. The van der Waals surface area contributed by atoms with Crippen LogP contribution < -0.4 is 10.3 Å². The molecule has 26 heavy (non-hydrogen) atoms. The molecule has 0 aliphatic heterocycles. The van der Waals surface area contributed by atoms with E-state index in [2.05, 4.69) is 9.82 Å². The Labute approximate surface area is 155 Å². The van der Waals surface area contributed by atoms with Crippen LogP contribution >= 0.6 is 11.3 Å². The van der Waals surface area contributed by atoms with Gasteiger partial charge in [-0.25, -0.2) is 17.8 Å². The molecule has 0 radical (unpaired) electrons. The summed E-state index contributed by atoms with van der Waals surface area (Å²) >= 11 is 1.52. The zero-order valence-electron chi connectivity index (χ0n) is 13.8. The first-order valence-corrected chi connectivity index (χ1v) is 10.3. The van der Waals surface area contributed by atoms with E-state index in [1.165, 1.54) is 28.2 Å². The Morgan fingerprint density at radius 2 is 1.88 bits per heavy atom. The summed E-state index contributed by atoms with van der Waals surface area (Å²) in [5.41, 5.74) is 1.20. The number of hydrogen-bond acceptors (Lipinski definition) is 5. The summed E-state index contributed by atoms with van der Waals surface area (Å²) in [6.45, 7) is 0.221. The predicted octanol–water partition coefficient (Wildman–Crippen LogP) is 2.56. The maximum absolute atomic E-state index is 12.0. The van der Waals surface area contributed by atoms with Crippen molar-refractivity contribution >= 4 is 27.4 Å². The third-order valence-electron chi connectivity index (χ3n) is 3.51. The molecule has 0 aliphatic rings. The van der Waals surface area contributed by atoms with Gasteiger partial charge in [-0.3, -0.25) is 4.79 Å². The van der Waals surface area contributed by atoms with Crippen molar-refractivity contribution in [1.29, 1.82) is 0 Å². The van der Waals surface area contributed by atoms with Crippen LogP contribution in [0.4, 0.5) is 0 Å². The SMILES string of the molecule is O=c1ccc(-c2cccs2)nn1CCNS(=O)(=O)/C=C/c1ccccc1. The molecule has 1 aromatic carbocycles. The van der Waals surface area contributed by atoms with Gasteiger partial charge in [0.1, 0.15) is 5.69 Å². The molecule has 0 unspecified atom stereocenters. The molecular weight excluding hydrogens is 370 g/mol. The smallest absolute Gasteiger partial charge is 0.266 e. The number of sulfonamides is 1. The van der Waals surface area contributed by atoms with Gasteiger partial charge in [0, 0.05) is 18.0 Å². The maximum atomic E-state index is 12.0. The van der Waals surface area contributed by atoms with Gasteiger partial charge in [0.25, 0.3) is 5.56 Å². The summed E-state index contributed by atoms with van der Waals surface area (Å²) in [5.74, 6) is 0. The molecule has 2 aromatic heterocycles. The van der Waals surface area contributed by atoms with E-state index in [1.54, 1.807) is 6.07 Å². The molecular formula is C18H17N3O3S2. The summed E-state index contributed by atoms with van der Waals surface area (Å²) in [7, 11) is -3.59. The van der Waals surface area contributed by atoms with Gasteiger partial charge < -0.3 is 0 Å². The van der Waals surface area contributed by atoms with Crippen LogP contribution in [0.15, 0.2) is 70.2 Å². The van der Waals surface area contributed by atoms with E-state index in [0.29, 0.717) is 5.69 Å². The Morgan fingerprint density at radius 3 is 2.62 bits per heavy atom. The maximum Gasteiger partial charge on any atom is 0.266 e. The van der Waals surface area contributed by atoms with Crippen LogP contribution in [0.5, 0.6) is 0 Å². The predicted molar refractivity (Wildman–Crippen MR) is 104 cm³/mol. The van der Waals surface area contributed by atoms with Crippen molar-refractivity contribution in [3.05, 3.63) is 81.3 Å². The first kappa shape index (κ1) is 18.2. The number of benzene rings is 1. The second-order valence-electron chi connectivity index (χ2n) is 5.41. The first-order valence-electron chi connectivity index (χ1n) is 7.88. The van der Waals surface area contributed by atoms with Gasteiger partial charge in [-0.15, -0.1) is 11.3 Å². The fourth-order valence-electron chi connectivity index (χ4n) is 2.24. The molecule has 0 fully saturated rings. The van der Waals surface area contributed by atoms with Crippen molar-refractivity contribution in [1.82, 2.24) is 14.5 Å². The highest BCUT2D eigenvalue weighted by molar-refractivity contribution is 7.92. The number of hydrogen-bond donors (Lipinski definition) is 1. The number of aromatic nitrogens is 2. The summed E-state index contributed by atoms with van der Waals surface area (Å²) in [6.07, 6.45) is 1.52. The van der Waals surface area contributed by atoms with Gasteiger partial charge in [0.2, 0.25) is 10.0 Å². The third-order valence-corrected chi connectivity index (χ3v) is 5.50. The molecule has 3 aromatic rings. The molecule has 0 bridgehead atoms. The monoisotopic (exact) mass is 387 g/mol. The summed E-state index contributed by atoms with van der Waals surface area (Å²) in [6, 6.07) is 16.1. The van der Waals surface area contributed by atoms with Gasteiger partial charge in [0.05, 0.1) is 11.4 Å². The van der Waals surface area contributed by atoms with Crippen molar-refractivity contribution in [3.63, 3.8) is 0 Å². The molecule has 6 nitrogen and oxygen atoms in total. The van der Waals surface area contributed by atoms with E-state index in [4.69, 9.17) is 0 Å². The van der Waals surface area contributed by atoms with E-state index in [-0.39, 0.29) is 18.6 Å². The second-order valence-corrected chi connectivity index (χ2v) is 8.01. The minimum Gasteiger partial charge on any atom is -0.268 e. The van der Waals surface area contributed by atoms with Gasteiger partial charge in [-0.2, -0.15) is 5.10 Å². The van der Waals surface area contributed by atoms with Crippen LogP contribution in [0.2, 0.25) is 0 Å². The average Bonchev–Trinajstić information content (AvgIpc) is 3.17. The highest BCUT2D eigenvalue weighted by Gasteiger charge is 2.07. The third kappa shape index (κ3) is 4.98. The molecule has 0 saturated heterocycles. The second kappa shape index (κ2) is 8.22. The van der Waals surface area contributed by atoms with Crippen molar-refractivity contribution in [2.45, 2.75) is 6.54 Å². The van der Waals surface area contributed by atoms with Gasteiger partial charge in [-0.05, 0) is 29.2 Å². The normalized spacial score (nSPS) is 11.8. The van der Waals surface area contributed by atoms with Crippen LogP contribution in [0, 0.1) is 0 Å². The lowest BCUT2D eigenvalue weighted by Crippen LogP contribution is -2.31. The summed E-state index contributed by atoms with van der Waals surface area (Å²) in [5, 5.41) is 7.33. The van der Waals surface area contributed by atoms with Crippen LogP contribution in [0.3, 0.4) is 0 Å². The Bertz CT molecular complexity index is 1040. The molecule has 0 atom stereocenters. The highest BCUT2D eigenvalue weighted by Crippen LogP contribution is 2.20. The Balaban J connectivity index is 1.63. The Morgan fingerprint density at radius 1 is 1.08 bits per heavy atom. The van der Waals surface area contributed by atoms with Crippen molar-refractivity contribution in [2.24, 2.45) is 0 Å². The average molecular weight is 387 g/mol. The van der Waals surface area contributed by atoms with E-state index in [1.807, 2.05) is 47.8 Å².